The van der Waals surface area contributed by atoms with Crippen LogP contribution in [0.25, 0.3) is 0 Å². The average molecular weight is 491 g/mol. The lowest BCUT2D eigenvalue weighted by atomic mass is 10.1. The Bertz CT molecular complexity index is 1120. The molecule has 0 heterocycles. The number of anilines is 2. The molecular weight excluding hydrogens is 456 g/mol. The van der Waals surface area contributed by atoms with Gasteiger partial charge in [0.1, 0.15) is 17.2 Å². The van der Waals surface area contributed by atoms with Gasteiger partial charge in [0.2, 0.25) is 0 Å². The van der Waals surface area contributed by atoms with Gasteiger partial charge in [0.25, 0.3) is 5.91 Å². The number of rotatable bonds is 12. The summed E-state index contributed by atoms with van der Waals surface area (Å²) >= 11 is 0. The first kappa shape index (κ1) is 26.6. The van der Waals surface area contributed by atoms with Crippen LogP contribution in [-0.2, 0) is 0 Å². The molecule has 3 aromatic carbocycles. The van der Waals surface area contributed by atoms with Crippen molar-refractivity contribution in [3.05, 3.63) is 78.4 Å². The number of carbonyl (C=O) groups is 2. The molecule has 0 radical (unpaired) electrons. The predicted molar refractivity (Wildman–Crippen MR) is 143 cm³/mol. The molecule has 0 atom stereocenters. The number of benzene rings is 3. The molecule has 0 fully saturated rings. The Kier molecular flexibility index (Phi) is 10.1. The molecule has 3 amide bonds. The van der Waals surface area contributed by atoms with Crippen LogP contribution in [0, 0.1) is 0 Å². The molecule has 8 nitrogen and oxygen atoms in total. The topological polar surface area (TPSA) is 91.9 Å². The summed E-state index contributed by atoms with van der Waals surface area (Å²) in [5.74, 6) is 1.58. The second-order valence-electron chi connectivity index (χ2n) is 8.07. The maximum absolute atomic E-state index is 12.6. The van der Waals surface area contributed by atoms with Crippen molar-refractivity contribution < 1.29 is 19.1 Å². The van der Waals surface area contributed by atoms with Crippen molar-refractivity contribution in [2.45, 2.75) is 20.3 Å². The minimum absolute atomic E-state index is 0.208. The van der Waals surface area contributed by atoms with Gasteiger partial charge in [0.05, 0.1) is 12.7 Å². The summed E-state index contributed by atoms with van der Waals surface area (Å²) in [6.07, 6.45) is 0.870. The lowest BCUT2D eigenvalue weighted by Gasteiger charge is -2.18. The Hall–Kier alpha value is -4.04. The van der Waals surface area contributed by atoms with E-state index in [4.69, 9.17) is 9.47 Å². The predicted octanol–water partition coefficient (Wildman–Crippen LogP) is 5.59. The summed E-state index contributed by atoms with van der Waals surface area (Å²) in [4.78, 5) is 27.4. The number of methoxy groups -OCH3 is 1. The minimum atomic E-state index is -0.414. The second-order valence-corrected chi connectivity index (χ2v) is 8.07. The molecule has 3 N–H and O–H groups in total. The fourth-order valence-corrected chi connectivity index (χ4v) is 3.62. The molecule has 0 aromatic heterocycles. The van der Waals surface area contributed by atoms with Crippen molar-refractivity contribution in [2.24, 2.45) is 0 Å². The molecular formula is C28H34N4O4. The minimum Gasteiger partial charge on any atom is -0.496 e. The van der Waals surface area contributed by atoms with Gasteiger partial charge in [0.15, 0.2) is 0 Å². The molecule has 3 rings (SSSR count). The summed E-state index contributed by atoms with van der Waals surface area (Å²) in [7, 11) is 1.50. The molecule has 0 spiro atoms. The van der Waals surface area contributed by atoms with Gasteiger partial charge in [-0.2, -0.15) is 0 Å². The van der Waals surface area contributed by atoms with Gasteiger partial charge in [-0.1, -0.05) is 32.0 Å². The molecule has 0 aliphatic rings. The highest BCUT2D eigenvalue weighted by Crippen LogP contribution is 2.25. The van der Waals surface area contributed by atoms with Crippen LogP contribution in [0.15, 0.2) is 72.8 Å². The van der Waals surface area contributed by atoms with Crippen molar-refractivity contribution in [3.63, 3.8) is 0 Å². The zero-order valence-corrected chi connectivity index (χ0v) is 21.0. The fraction of sp³-hybridized carbons (Fsp3) is 0.286. The first-order valence-corrected chi connectivity index (χ1v) is 12.1. The van der Waals surface area contributed by atoms with Crippen LogP contribution in [-0.4, -0.2) is 50.1 Å². The van der Waals surface area contributed by atoms with Crippen LogP contribution >= 0.6 is 0 Å². The highest BCUT2D eigenvalue weighted by atomic mass is 16.5. The van der Waals surface area contributed by atoms with Crippen molar-refractivity contribution in [1.29, 1.82) is 0 Å². The fourth-order valence-electron chi connectivity index (χ4n) is 3.62. The third-order valence-corrected chi connectivity index (χ3v) is 5.63. The number of para-hydroxylation sites is 1. The number of urea groups is 1. The lowest BCUT2D eigenvalue weighted by molar-refractivity contribution is 0.0949. The van der Waals surface area contributed by atoms with Crippen molar-refractivity contribution in [1.82, 2.24) is 10.2 Å². The summed E-state index contributed by atoms with van der Waals surface area (Å²) in [5.41, 5.74) is 1.53. The Morgan fingerprint density at radius 1 is 0.833 bits per heavy atom. The van der Waals surface area contributed by atoms with E-state index in [1.807, 2.05) is 30.3 Å². The van der Waals surface area contributed by atoms with Crippen molar-refractivity contribution in [2.75, 3.05) is 43.9 Å². The van der Waals surface area contributed by atoms with Gasteiger partial charge >= 0.3 is 6.03 Å². The summed E-state index contributed by atoms with van der Waals surface area (Å²) in [5, 5.41) is 8.48. The second kappa shape index (κ2) is 13.7. The Balaban J connectivity index is 1.52. The van der Waals surface area contributed by atoms with Gasteiger partial charge in [-0.05, 0) is 74.6 Å². The molecule has 190 valence electrons. The number of carbonyl (C=O) groups excluding carboxylic acids is 2. The Morgan fingerprint density at radius 2 is 1.47 bits per heavy atom. The van der Waals surface area contributed by atoms with Crippen LogP contribution in [0.4, 0.5) is 16.2 Å². The SMILES string of the molecule is CCN(CC)CCCNC(=O)c1ccc(NC(=O)Nc2ccc(Oc3ccccc3)cc2)cc1OC. The first-order valence-electron chi connectivity index (χ1n) is 12.1. The van der Waals surface area contributed by atoms with Crippen LogP contribution in [0.3, 0.4) is 0 Å². The number of hydrogen-bond donors (Lipinski definition) is 3. The molecule has 0 aliphatic heterocycles. The summed E-state index contributed by atoms with van der Waals surface area (Å²) in [6, 6.07) is 21.1. The smallest absolute Gasteiger partial charge is 0.323 e. The summed E-state index contributed by atoms with van der Waals surface area (Å²) in [6.45, 7) is 7.75. The molecule has 36 heavy (non-hydrogen) atoms. The molecule has 0 bridgehead atoms. The van der Waals surface area contributed by atoms with E-state index in [2.05, 4.69) is 34.7 Å². The van der Waals surface area contributed by atoms with Crippen LogP contribution in [0.5, 0.6) is 17.2 Å². The lowest BCUT2D eigenvalue weighted by Crippen LogP contribution is -2.30. The highest BCUT2D eigenvalue weighted by Gasteiger charge is 2.14. The number of amides is 3. The van der Waals surface area contributed by atoms with Crippen molar-refractivity contribution >= 4 is 23.3 Å². The number of ether oxygens (including phenoxy) is 2. The Morgan fingerprint density at radius 3 is 2.14 bits per heavy atom. The van der Waals surface area contributed by atoms with E-state index in [0.29, 0.717) is 35.0 Å². The van der Waals surface area contributed by atoms with E-state index < -0.39 is 6.03 Å². The first-order chi connectivity index (χ1) is 17.5. The van der Waals surface area contributed by atoms with E-state index in [0.717, 1.165) is 31.8 Å². The maximum atomic E-state index is 12.6. The van der Waals surface area contributed by atoms with Gasteiger partial charge in [0, 0.05) is 24.0 Å². The zero-order valence-electron chi connectivity index (χ0n) is 21.0. The van der Waals surface area contributed by atoms with Crippen LogP contribution in [0.1, 0.15) is 30.6 Å². The molecule has 0 unspecified atom stereocenters. The third-order valence-electron chi connectivity index (χ3n) is 5.63. The maximum Gasteiger partial charge on any atom is 0.323 e. The van der Waals surface area contributed by atoms with Gasteiger partial charge in [-0.15, -0.1) is 0 Å². The monoisotopic (exact) mass is 490 g/mol. The standard InChI is InChI=1S/C28H34N4O4/c1-4-32(5-2)19-9-18-29-27(33)25-17-14-22(20-26(25)35-3)31-28(34)30-21-12-15-24(16-13-21)36-23-10-7-6-8-11-23/h6-8,10-17,20H,4-5,9,18-19H2,1-3H3,(H,29,33)(H2,30,31,34). The van der Waals surface area contributed by atoms with E-state index in [1.54, 1.807) is 42.5 Å². The molecule has 0 saturated heterocycles. The normalized spacial score (nSPS) is 10.6. The number of nitrogens with zero attached hydrogens (tertiary/aromatic N) is 1. The van der Waals surface area contributed by atoms with E-state index in [9.17, 15) is 9.59 Å². The zero-order chi connectivity index (χ0) is 25.8. The van der Waals surface area contributed by atoms with E-state index >= 15 is 0 Å². The molecule has 8 heteroatoms. The summed E-state index contributed by atoms with van der Waals surface area (Å²) < 4.78 is 11.2. The van der Waals surface area contributed by atoms with Gasteiger partial charge < -0.3 is 30.3 Å². The largest absolute Gasteiger partial charge is 0.496 e. The van der Waals surface area contributed by atoms with Gasteiger partial charge in [-0.25, -0.2) is 4.79 Å². The van der Waals surface area contributed by atoms with Gasteiger partial charge in [-0.3, -0.25) is 4.79 Å². The highest BCUT2D eigenvalue weighted by molar-refractivity contribution is 6.01. The Labute approximate surface area is 212 Å². The molecule has 0 aliphatic carbocycles. The van der Waals surface area contributed by atoms with Crippen molar-refractivity contribution in [3.8, 4) is 17.2 Å². The average Bonchev–Trinajstić information content (AvgIpc) is 2.90. The van der Waals surface area contributed by atoms with Crippen LogP contribution < -0.4 is 25.4 Å². The third kappa shape index (κ3) is 8.02. The number of hydrogen-bond acceptors (Lipinski definition) is 5. The molecule has 0 saturated carbocycles. The van der Waals surface area contributed by atoms with E-state index in [1.165, 1.54) is 7.11 Å². The van der Waals surface area contributed by atoms with E-state index in [-0.39, 0.29) is 5.91 Å². The molecule has 3 aromatic rings. The van der Waals surface area contributed by atoms with Crippen LogP contribution in [0.2, 0.25) is 0 Å². The number of nitrogens with one attached hydrogen (secondary N) is 3. The quantitative estimate of drug-likeness (QED) is 0.288.